The Hall–Kier alpha value is -2.15. The number of halogens is 2. The Labute approximate surface area is 169 Å². The summed E-state index contributed by atoms with van der Waals surface area (Å²) in [6, 6.07) is 11.5. The zero-order valence-corrected chi connectivity index (χ0v) is 16.5. The number of aliphatic hydroxyl groups is 1. The summed E-state index contributed by atoms with van der Waals surface area (Å²) in [4.78, 5) is 16.7. The summed E-state index contributed by atoms with van der Waals surface area (Å²) in [5.41, 5.74) is 1.61. The van der Waals surface area contributed by atoms with E-state index in [-0.39, 0.29) is 31.0 Å². The summed E-state index contributed by atoms with van der Waals surface area (Å²) in [6.45, 7) is 4.55. The SMILES string of the molecule is C[C@@H]1CN(Cc2ccc(F)cc2)CCN1C(=O)COc1ccc(Cl)cc1CO. The van der Waals surface area contributed by atoms with Gasteiger partial charge in [-0.05, 0) is 42.8 Å². The van der Waals surface area contributed by atoms with Crippen LogP contribution in [0.15, 0.2) is 42.5 Å². The Balaban J connectivity index is 1.52. The van der Waals surface area contributed by atoms with Gasteiger partial charge in [-0.3, -0.25) is 9.69 Å². The van der Waals surface area contributed by atoms with Gasteiger partial charge in [0.1, 0.15) is 11.6 Å². The van der Waals surface area contributed by atoms with Gasteiger partial charge in [-0.25, -0.2) is 4.39 Å². The topological polar surface area (TPSA) is 53.0 Å². The Morgan fingerprint density at radius 2 is 2.00 bits per heavy atom. The van der Waals surface area contributed by atoms with Crippen LogP contribution in [0.5, 0.6) is 5.75 Å². The van der Waals surface area contributed by atoms with Crippen molar-refractivity contribution in [2.45, 2.75) is 26.1 Å². The van der Waals surface area contributed by atoms with Crippen molar-refractivity contribution >= 4 is 17.5 Å². The lowest BCUT2D eigenvalue weighted by Crippen LogP contribution is -2.54. The molecule has 0 saturated carbocycles. The van der Waals surface area contributed by atoms with Crippen LogP contribution in [0.2, 0.25) is 5.02 Å². The molecule has 0 spiro atoms. The number of hydrogen-bond acceptors (Lipinski definition) is 4. The van der Waals surface area contributed by atoms with Crippen LogP contribution in [0, 0.1) is 5.82 Å². The summed E-state index contributed by atoms with van der Waals surface area (Å²) in [5.74, 6) is 0.133. The zero-order valence-electron chi connectivity index (χ0n) is 15.8. The molecule has 28 heavy (non-hydrogen) atoms. The highest BCUT2D eigenvalue weighted by Gasteiger charge is 2.27. The molecule has 7 heteroatoms. The van der Waals surface area contributed by atoms with Gasteiger partial charge in [-0.2, -0.15) is 0 Å². The molecule has 0 radical (unpaired) electrons. The Kier molecular flexibility index (Phi) is 6.88. The van der Waals surface area contributed by atoms with Crippen LogP contribution in [-0.4, -0.2) is 53.1 Å². The molecule has 0 unspecified atom stereocenters. The van der Waals surface area contributed by atoms with Crippen LogP contribution in [0.3, 0.4) is 0 Å². The van der Waals surface area contributed by atoms with E-state index in [0.29, 0.717) is 22.9 Å². The van der Waals surface area contributed by atoms with Gasteiger partial charge in [-0.15, -0.1) is 0 Å². The Morgan fingerprint density at radius 1 is 1.25 bits per heavy atom. The molecule has 1 saturated heterocycles. The smallest absolute Gasteiger partial charge is 0.260 e. The summed E-state index contributed by atoms with van der Waals surface area (Å²) in [5, 5.41) is 9.91. The van der Waals surface area contributed by atoms with Crippen molar-refractivity contribution in [2.24, 2.45) is 0 Å². The molecule has 1 fully saturated rings. The first kappa shape index (κ1) is 20.6. The maximum Gasteiger partial charge on any atom is 0.260 e. The number of amides is 1. The minimum atomic E-state index is -0.238. The lowest BCUT2D eigenvalue weighted by atomic mass is 10.1. The molecule has 0 aliphatic carbocycles. The molecule has 1 atom stereocenters. The maximum atomic E-state index is 13.0. The van der Waals surface area contributed by atoms with Crippen LogP contribution in [0.25, 0.3) is 0 Å². The highest BCUT2D eigenvalue weighted by Crippen LogP contribution is 2.23. The second-order valence-electron chi connectivity index (χ2n) is 7.00. The van der Waals surface area contributed by atoms with Gasteiger partial charge in [0.15, 0.2) is 6.61 Å². The number of benzene rings is 2. The molecular weight excluding hydrogens is 383 g/mol. The van der Waals surface area contributed by atoms with Crippen molar-refractivity contribution in [3.63, 3.8) is 0 Å². The largest absolute Gasteiger partial charge is 0.483 e. The minimum Gasteiger partial charge on any atom is -0.483 e. The molecule has 1 N–H and O–H groups in total. The maximum absolute atomic E-state index is 13.0. The van der Waals surface area contributed by atoms with E-state index in [1.54, 1.807) is 30.3 Å². The van der Waals surface area contributed by atoms with Crippen molar-refractivity contribution in [1.82, 2.24) is 9.80 Å². The van der Waals surface area contributed by atoms with E-state index >= 15 is 0 Å². The lowest BCUT2D eigenvalue weighted by molar-refractivity contribution is -0.138. The van der Waals surface area contributed by atoms with Crippen molar-refractivity contribution in [1.29, 1.82) is 0 Å². The van der Waals surface area contributed by atoms with Crippen molar-refractivity contribution < 1.29 is 19.0 Å². The van der Waals surface area contributed by atoms with E-state index in [1.807, 2.05) is 11.8 Å². The van der Waals surface area contributed by atoms with Crippen LogP contribution in [0.1, 0.15) is 18.1 Å². The molecule has 2 aromatic rings. The number of carbonyl (C=O) groups is 1. The van der Waals surface area contributed by atoms with Crippen molar-refractivity contribution in [3.8, 4) is 5.75 Å². The van der Waals surface area contributed by atoms with E-state index in [9.17, 15) is 14.3 Å². The zero-order chi connectivity index (χ0) is 20.1. The van der Waals surface area contributed by atoms with Gasteiger partial charge in [-0.1, -0.05) is 23.7 Å². The molecule has 150 valence electrons. The fraction of sp³-hybridized carbons (Fsp3) is 0.381. The molecular formula is C21H24ClFN2O3. The van der Waals surface area contributed by atoms with Crippen LogP contribution >= 0.6 is 11.6 Å². The predicted octanol–water partition coefficient (Wildman–Crippen LogP) is 3.08. The third-order valence-corrected chi connectivity index (χ3v) is 5.13. The molecule has 1 aliphatic rings. The summed E-state index contributed by atoms with van der Waals surface area (Å²) >= 11 is 5.91. The van der Waals surface area contributed by atoms with Crippen LogP contribution in [-0.2, 0) is 17.9 Å². The van der Waals surface area contributed by atoms with Gasteiger partial charge in [0.25, 0.3) is 5.91 Å². The first-order valence-electron chi connectivity index (χ1n) is 9.24. The van der Waals surface area contributed by atoms with Gasteiger partial charge < -0.3 is 14.7 Å². The van der Waals surface area contributed by atoms with E-state index in [4.69, 9.17) is 16.3 Å². The molecule has 1 aliphatic heterocycles. The van der Waals surface area contributed by atoms with Gasteiger partial charge in [0, 0.05) is 42.8 Å². The fourth-order valence-electron chi connectivity index (χ4n) is 3.43. The number of nitrogens with zero attached hydrogens (tertiary/aromatic N) is 2. The second-order valence-corrected chi connectivity index (χ2v) is 7.43. The molecule has 5 nitrogen and oxygen atoms in total. The highest BCUT2D eigenvalue weighted by atomic mass is 35.5. The van der Waals surface area contributed by atoms with Gasteiger partial charge in [0.05, 0.1) is 6.61 Å². The van der Waals surface area contributed by atoms with E-state index in [1.165, 1.54) is 12.1 Å². The number of carbonyl (C=O) groups excluding carboxylic acids is 1. The number of rotatable bonds is 6. The fourth-order valence-corrected chi connectivity index (χ4v) is 3.62. The first-order chi connectivity index (χ1) is 13.5. The monoisotopic (exact) mass is 406 g/mol. The second kappa shape index (κ2) is 9.37. The quantitative estimate of drug-likeness (QED) is 0.801. The predicted molar refractivity (Wildman–Crippen MR) is 106 cm³/mol. The van der Waals surface area contributed by atoms with E-state index < -0.39 is 0 Å². The average molecular weight is 407 g/mol. The Morgan fingerprint density at radius 3 is 2.68 bits per heavy atom. The minimum absolute atomic E-state index is 0.0489. The standard InChI is InChI=1S/C21H24ClFN2O3/c1-15-11-24(12-16-2-5-19(23)6-3-16)8-9-25(15)21(27)14-28-20-7-4-18(22)10-17(20)13-26/h2-7,10,15,26H,8-9,11-14H2,1H3/t15-/m1/s1. The molecule has 1 heterocycles. The molecule has 2 aromatic carbocycles. The lowest BCUT2D eigenvalue weighted by Gasteiger charge is -2.39. The van der Waals surface area contributed by atoms with Crippen LogP contribution in [0.4, 0.5) is 4.39 Å². The number of ether oxygens (including phenoxy) is 1. The Bertz CT molecular complexity index is 816. The normalized spacial score (nSPS) is 17.6. The van der Waals surface area contributed by atoms with Crippen molar-refractivity contribution in [2.75, 3.05) is 26.2 Å². The molecule has 0 bridgehead atoms. The third-order valence-electron chi connectivity index (χ3n) is 4.90. The number of hydrogen-bond donors (Lipinski definition) is 1. The number of aliphatic hydroxyl groups excluding tert-OH is 1. The highest BCUT2D eigenvalue weighted by molar-refractivity contribution is 6.30. The van der Waals surface area contributed by atoms with Crippen LogP contribution < -0.4 is 4.74 Å². The molecule has 3 rings (SSSR count). The van der Waals surface area contributed by atoms with Gasteiger partial charge >= 0.3 is 0 Å². The molecule has 1 amide bonds. The number of piperazine rings is 1. The van der Waals surface area contributed by atoms with Gasteiger partial charge in [0.2, 0.25) is 0 Å². The summed E-state index contributed by atoms with van der Waals surface area (Å²) < 4.78 is 18.7. The average Bonchev–Trinajstić information content (AvgIpc) is 2.68. The van der Waals surface area contributed by atoms with E-state index in [2.05, 4.69) is 4.90 Å². The van der Waals surface area contributed by atoms with Crippen molar-refractivity contribution in [3.05, 3.63) is 64.4 Å². The first-order valence-corrected chi connectivity index (χ1v) is 9.62. The summed E-state index contributed by atoms with van der Waals surface area (Å²) in [7, 11) is 0. The third kappa shape index (κ3) is 5.22. The summed E-state index contributed by atoms with van der Waals surface area (Å²) in [6.07, 6.45) is 0. The van der Waals surface area contributed by atoms with E-state index in [0.717, 1.165) is 25.2 Å². The molecule has 0 aromatic heterocycles.